The van der Waals surface area contributed by atoms with Gasteiger partial charge in [-0.2, -0.15) is 5.26 Å². The molecule has 0 aliphatic rings. The molecule has 0 unspecified atom stereocenters. The minimum absolute atomic E-state index is 0.0400. The quantitative estimate of drug-likeness (QED) is 0.863. The second kappa shape index (κ2) is 7.11. The van der Waals surface area contributed by atoms with Crippen LogP contribution in [0.5, 0.6) is 0 Å². The summed E-state index contributed by atoms with van der Waals surface area (Å²) in [5.41, 5.74) is 0.674. The van der Waals surface area contributed by atoms with Crippen LogP contribution in [-0.2, 0) is 4.79 Å². The van der Waals surface area contributed by atoms with Crippen molar-refractivity contribution in [3.8, 4) is 6.07 Å². The van der Waals surface area contributed by atoms with E-state index in [2.05, 4.69) is 5.32 Å². The topological polar surface area (TPSA) is 52.9 Å². The molecular weight excluding hydrogens is 311 g/mol. The van der Waals surface area contributed by atoms with Gasteiger partial charge < -0.3 is 5.32 Å². The van der Waals surface area contributed by atoms with E-state index in [0.29, 0.717) is 21.2 Å². The molecule has 0 aromatic heterocycles. The molecule has 0 saturated heterocycles. The highest BCUT2D eigenvalue weighted by Gasteiger charge is 2.09. The van der Waals surface area contributed by atoms with Gasteiger partial charge >= 0.3 is 0 Å². The Bertz CT molecular complexity index is 715. The summed E-state index contributed by atoms with van der Waals surface area (Å²) in [5.74, 6) is -0.656. The van der Waals surface area contributed by atoms with Crippen molar-refractivity contribution in [1.29, 1.82) is 5.26 Å². The fourth-order valence-electron chi connectivity index (χ4n) is 1.61. The van der Waals surface area contributed by atoms with E-state index in [-0.39, 0.29) is 17.5 Å². The minimum Gasteiger partial charge on any atom is -0.324 e. The van der Waals surface area contributed by atoms with Gasteiger partial charge in [-0.25, -0.2) is 4.39 Å². The number of rotatable bonds is 4. The van der Waals surface area contributed by atoms with Crippen LogP contribution < -0.4 is 5.32 Å². The van der Waals surface area contributed by atoms with E-state index >= 15 is 0 Å². The Labute approximate surface area is 130 Å². The molecular formula is C15H10ClFN2OS. The zero-order valence-corrected chi connectivity index (χ0v) is 12.3. The number of benzene rings is 2. The zero-order chi connectivity index (χ0) is 15.2. The third kappa shape index (κ3) is 4.22. The molecule has 3 nitrogen and oxygen atoms in total. The lowest BCUT2D eigenvalue weighted by atomic mass is 10.2. The van der Waals surface area contributed by atoms with Gasteiger partial charge in [0.25, 0.3) is 0 Å². The first-order valence-electron chi connectivity index (χ1n) is 5.97. The Kier molecular flexibility index (Phi) is 5.20. The van der Waals surface area contributed by atoms with Crippen LogP contribution in [0.3, 0.4) is 0 Å². The molecule has 2 aromatic rings. The molecule has 0 atom stereocenters. The lowest BCUT2D eigenvalue weighted by Crippen LogP contribution is -2.15. The maximum absolute atomic E-state index is 13.4. The van der Waals surface area contributed by atoms with Gasteiger partial charge in [-0.05, 0) is 30.3 Å². The molecule has 2 rings (SSSR count). The van der Waals surface area contributed by atoms with Crippen LogP contribution in [0.15, 0.2) is 47.4 Å². The number of carbonyl (C=O) groups excluding carboxylic acids is 1. The average molecular weight is 321 g/mol. The van der Waals surface area contributed by atoms with E-state index in [4.69, 9.17) is 16.9 Å². The summed E-state index contributed by atoms with van der Waals surface area (Å²) < 4.78 is 13.4. The molecule has 106 valence electrons. The van der Waals surface area contributed by atoms with Crippen molar-refractivity contribution in [2.24, 2.45) is 0 Å². The van der Waals surface area contributed by atoms with E-state index in [1.807, 2.05) is 6.07 Å². The lowest BCUT2D eigenvalue weighted by molar-refractivity contribution is -0.113. The smallest absolute Gasteiger partial charge is 0.234 e. The molecule has 6 heteroatoms. The zero-order valence-electron chi connectivity index (χ0n) is 10.8. The van der Waals surface area contributed by atoms with E-state index in [0.717, 1.165) is 11.8 Å². The van der Waals surface area contributed by atoms with Crippen molar-refractivity contribution >= 4 is 35.0 Å². The fourth-order valence-corrected chi connectivity index (χ4v) is 2.52. The number of nitrogens with one attached hydrogen (secondary N) is 1. The predicted molar refractivity (Wildman–Crippen MR) is 81.9 cm³/mol. The minimum atomic E-state index is -0.365. The Morgan fingerprint density at radius 3 is 2.81 bits per heavy atom. The van der Waals surface area contributed by atoms with Gasteiger partial charge in [-0.15, -0.1) is 11.8 Å². The van der Waals surface area contributed by atoms with E-state index < -0.39 is 0 Å². The number of halogens is 2. The monoisotopic (exact) mass is 320 g/mol. The standard InChI is InChI=1S/C15H10ClFN2OS/c16-11-6-5-10(8-18)13(7-11)19-15(20)9-21-14-4-2-1-3-12(14)17/h1-7H,9H2,(H,19,20). The van der Waals surface area contributed by atoms with Crippen LogP contribution in [0.1, 0.15) is 5.56 Å². The van der Waals surface area contributed by atoms with Gasteiger partial charge in [0.15, 0.2) is 0 Å². The van der Waals surface area contributed by atoms with Crippen molar-refractivity contribution in [3.05, 3.63) is 58.9 Å². The second-order valence-electron chi connectivity index (χ2n) is 4.07. The highest BCUT2D eigenvalue weighted by Crippen LogP contribution is 2.23. The van der Waals surface area contributed by atoms with Gasteiger partial charge in [0.05, 0.1) is 17.0 Å². The van der Waals surface area contributed by atoms with Crippen molar-refractivity contribution in [2.75, 3.05) is 11.1 Å². The number of hydrogen-bond donors (Lipinski definition) is 1. The van der Waals surface area contributed by atoms with E-state index in [9.17, 15) is 9.18 Å². The fraction of sp³-hybridized carbons (Fsp3) is 0.0667. The van der Waals surface area contributed by atoms with Crippen LogP contribution in [-0.4, -0.2) is 11.7 Å². The summed E-state index contributed by atoms with van der Waals surface area (Å²) in [5, 5.41) is 12.0. The van der Waals surface area contributed by atoms with Gasteiger partial charge in [-0.1, -0.05) is 23.7 Å². The average Bonchev–Trinajstić information content (AvgIpc) is 2.47. The van der Waals surface area contributed by atoms with Crippen LogP contribution in [0.2, 0.25) is 5.02 Å². The summed E-state index contributed by atoms with van der Waals surface area (Å²) in [7, 11) is 0. The SMILES string of the molecule is N#Cc1ccc(Cl)cc1NC(=O)CSc1ccccc1F. The highest BCUT2D eigenvalue weighted by molar-refractivity contribution is 8.00. The first kappa shape index (κ1) is 15.4. The summed E-state index contributed by atoms with van der Waals surface area (Å²) >= 11 is 6.92. The molecule has 0 aliphatic carbocycles. The Morgan fingerprint density at radius 2 is 2.10 bits per heavy atom. The molecule has 21 heavy (non-hydrogen) atoms. The van der Waals surface area contributed by atoms with E-state index in [1.54, 1.807) is 24.3 Å². The molecule has 0 radical (unpaired) electrons. The molecule has 1 amide bonds. The third-order valence-electron chi connectivity index (χ3n) is 2.57. The largest absolute Gasteiger partial charge is 0.324 e. The third-order valence-corrected chi connectivity index (χ3v) is 3.86. The molecule has 0 heterocycles. The Hall–Kier alpha value is -2.03. The van der Waals surface area contributed by atoms with Gasteiger partial charge in [0.1, 0.15) is 11.9 Å². The Balaban J connectivity index is 2.01. The first-order valence-corrected chi connectivity index (χ1v) is 7.33. The maximum atomic E-state index is 13.4. The molecule has 2 aromatic carbocycles. The molecule has 0 fully saturated rings. The molecule has 0 spiro atoms. The van der Waals surface area contributed by atoms with Crippen LogP contribution >= 0.6 is 23.4 Å². The summed E-state index contributed by atoms with van der Waals surface area (Å²) in [6, 6.07) is 12.8. The highest BCUT2D eigenvalue weighted by atomic mass is 35.5. The number of nitriles is 1. The predicted octanol–water partition coefficient (Wildman–Crippen LogP) is 4.08. The normalized spacial score (nSPS) is 9.95. The van der Waals surface area contributed by atoms with Crippen LogP contribution in [0.4, 0.5) is 10.1 Å². The van der Waals surface area contributed by atoms with Crippen LogP contribution in [0, 0.1) is 17.1 Å². The van der Waals surface area contributed by atoms with Gasteiger partial charge in [0, 0.05) is 9.92 Å². The lowest BCUT2D eigenvalue weighted by Gasteiger charge is -2.07. The Morgan fingerprint density at radius 1 is 1.33 bits per heavy atom. The first-order chi connectivity index (χ1) is 10.1. The number of carbonyl (C=O) groups is 1. The summed E-state index contributed by atoms with van der Waals surface area (Å²) in [4.78, 5) is 12.3. The van der Waals surface area contributed by atoms with Crippen molar-refractivity contribution in [2.45, 2.75) is 4.90 Å². The number of thioether (sulfide) groups is 1. The van der Waals surface area contributed by atoms with Crippen molar-refractivity contribution in [1.82, 2.24) is 0 Å². The number of amides is 1. The molecule has 0 saturated carbocycles. The maximum Gasteiger partial charge on any atom is 0.234 e. The summed E-state index contributed by atoms with van der Waals surface area (Å²) in [6.45, 7) is 0. The molecule has 0 aliphatic heterocycles. The van der Waals surface area contributed by atoms with Crippen molar-refractivity contribution < 1.29 is 9.18 Å². The van der Waals surface area contributed by atoms with Crippen molar-refractivity contribution in [3.63, 3.8) is 0 Å². The molecule has 0 bridgehead atoms. The number of nitrogens with zero attached hydrogens (tertiary/aromatic N) is 1. The molecule has 1 N–H and O–H groups in total. The van der Waals surface area contributed by atoms with Crippen LogP contribution in [0.25, 0.3) is 0 Å². The van der Waals surface area contributed by atoms with Gasteiger partial charge in [0.2, 0.25) is 5.91 Å². The summed E-state index contributed by atoms with van der Waals surface area (Å²) in [6.07, 6.45) is 0. The van der Waals surface area contributed by atoms with E-state index in [1.165, 1.54) is 18.2 Å². The second-order valence-corrected chi connectivity index (χ2v) is 5.52. The van der Waals surface area contributed by atoms with Gasteiger partial charge in [-0.3, -0.25) is 4.79 Å². The number of anilines is 1. The number of hydrogen-bond acceptors (Lipinski definition) is 3.